The predicted octanol–water partition coefficient (Wildman–Crippen LogP) is 1.84. The Kier molecular flexibility index (Phi) is 5.85. The van der Waals surface area contributed by atoms with Gasteiger partial charge in [0.25, 0.3) is 0 Å². The molecule has 0 atom stereocenters. The van der Waals surface area contributed by atoms with E-state index in [1.165, 1.54) is 0 Å². The SMILES string of the molecule is CCOC(=O)N1CCC(NC2CCC(C(=O)O)CC2)CC1. The Morgan fingerprint density at radius 3 is 2.19 bits per heavy atom. The lowest BCUT2D eigenvalue weighted by atomic mass is 9.85. The molecule has 120 valence electrons. The molecule has 6 nitrogen and oxygen atoms in total. The fraction of sp³-hybridized carbons (Fsp3) is 0.867. The number of likely N-dealkylation sites (tertiary alicyclic amines) is 1. The van der Waals surface area contributed by atoms with Crippen LogP contribution >= 0.6 is 0 Å². The van der Waals surface area contributed by atoms with Crippen molar-refractivity contribution < 1.29 is 19.4 Å². The Bertz CT molecular complexity index is 359. The summed E-state index contributed by atoms with van der Waals surface area (Å²) in [5.41, 5.74) is 0. The number of piperidine rings is 1. The molecule has 1 aliphatic carbocycles. The van der Waals surface area contributed by atoms with Gasteiger partial charge in [0, 0.05) is 25.2 Å². The van der Waals surface area contributed by atoms with Gasteiger partial charge in [-0.3, -0.25) is 4.79 Å². The average Bonchev–Trinajstić information content (AvgIpc) is 2.49. The Morgan fingerprint density at radius 2 is 1.67 bits per heavy atom. The molecular formula is C15H26N2O4. The third-order valence-corrected chi connectivity index (χ3v) is 4.57. The summed E-state index contributed by atoms with van der Waals surface area (Å²) < 4.78 is 5.01. The minimum Gasteiger partial charge on any atom is -0.481 e. The van der Waals surface area contributed by atoms with E-state index in [2.05, 4.69) is 5.32 Å². The second-order valence-electron chi connectivity index (χ2n) is 6.01. The molecule has 1 aliphatic heterocycles. The summed E-state index contributed by atoms with van der Waals surface area (Å²) in [6, 6.07) is 0.863. The number of hydrogen-bond donors (Lipinski definition) is 2. The third-order valence-electron chi connectivity index (χ3n) is 4.57. The largest absolute Gasteiger partial charge is 0.481 e. The first-order chi connectivity index (χ1) is 10.1. The van der Waals surface area contributed by atoms with E-state index >= 15 is 0 Å². The monoisotopic (exact) mass is 298 g/mol. The minimum absolute atomic E-state index is 0.159. The van der Waals surface area contributed by atoms with Crippen LogP contribution in [-0.4, -0.2) is 53.8 Å². The molecule has 2 fully saturated rings. The summed E-state index contributed by atoms with van der Waals surface area (Å²) in [5, 5.41) is 12.6. The minimum atomic E-state index is -0.656. The van der Waals surface area contributed by atoms with E-state index in [4.69, 9.17) is 9.84 Å². The molecule has 2 aliphatic rings. The van der Waals surface area contributed by atoms with Gasteiger partial charge in [-0.2, -0.15) is 0 Å². The molecular weight excluding hydrogens is 272 g/mol. The van der Waals surface area contributed by atoms with Gasteiger partial charge in [0.05, 0.1) is 12.5 Å². The van der Waals surface area contributed by atoms with Crippen LogP contribution in [0.5, 0.6) is 0 Å². The van der Waals surface area contributed by atoms with Crippen molar-refractivity contribution >= 4 is 12.1 Å². The Labute approximate surface area is 125 Å². The molecule has 1 saturated carbocycles. The normalized spacial score (nSPS) is 27.4. The highest BCUT2D eigenvalue weighted by atomic mass is 16.6. The van der Waals surface area contributed by atoms with Crippen molar-refractivity contribution in [2.45, 2.75) is 57.5 Å². The van der Waals surface area contributed by atoms with E-state index in [0.29, 0.717) is 18.7 Å². The van der Waals surface area contributed by atoms with Crippen molar-refractivity contribution in [3.8, 4) is 0 Å². The predicted molar refractivity (Wildman–Crippen MR) is 78.1 cm³/mol. The van der Waals surface area contributed by atoms with Crippen LogP contribution in [0.2, 0.25) is 0 Å². The number of nitrogens with one attached hydrogen (secondary N) is 1. The molecule has 21 heavy (non-hydrogen) atoms. The summed E-state index contributed by atoms with van der Waals surface area (Å²) in [7, 11) is 0. The first-order valence-electron chi connectivity index (χ1n) is 8.00. The highest BCUT2D eigenvalue weighted by Crippen LogP contribution is 2.25. The quantitative estimate of drug-likeness (QED) is 0.828. The van der Waals surface area contributed by atoms with Gasteiger partial charge in [-0.15, -0.1) is 0 Å². The number of hydrogen-bond acceptors (Lipinski definition) is 4. The highest BCUT2D eigenvalue weighted by Gasteiger charge is 2.29. The van der Waals surface area contributed by atoms with Crippen LogP contribution in [-0.2, 0) is 9.53 Å². The molecule has 0 aromatic carbocycles. The van der Waals surface area contributed by atoms with E-state index in [1.54, 1.807) is 4.90 Å². The topological polar surface area (TPSA) is 78.9 Å². The molecule has 6 heteroatoms. The third kappa shape index (κ3) is 4.59. The molecule has 1 saturated heterocycles. The number of ether oxygens (including phenoxy) is 1. The molecule has 0 bridgehead atoms. The first kappa shape index (κ1) is 16.1. The average molecular weight is 298 g/mol. The maximum Gasteiger partial charge on any atom is 0.409 e. The molecule has 0 unspecified atom stereocenters. The number of carboxylic acids is 1. The molecule has 2 N–H and O–H groups in total. The van der Waals surface area contributed by atoms with Gasteiger partial charge in [-0.1, -0.05) is 0 Å². The standard InChI is InChI=1S/C15H26N2O4/c1-2-21-15(20)17-9-7-13(8-10-17)16-12-5-3-11(4-6-12)14(18)19/h11-13,16H,2-10H2,1H3,(H,18,19). The van der Waals surface area contributed by atoms with Crippen LogP contribution in [0.4, 0.5) is 4.79 Å². The molecule has 1 heterocycles. The number of amides is 1. The van der Waals surface area contributed by atoms with Crippen LogP contribution in [0.15, 0.2) is 0 Å². The highest BCUT2D eigenvalue weighted by molar-refractivity contribution is 5.70. The Morgan fingerprint density at radius 1 is 1.10 bits per heavy atom. The second kappa shape index (κ2) is 7.64. The van der Waals surface area contributed by atoms with Crippen molar-refractivity contribution in [3.05, 3.63) is 0 Å². The molecule has 0 aromatic rings. The zero-order valence-corrected chi connectivity index (χ0v) is 12.7. The van der Waals surface area contributed by atoms with Crippen molar-refractivity contribution in [1.29, 1.82) is 0 Å². The number of nitrogens with zero attached hydrogens (tertiary/aromatic N) is 1. The van der Waals surface area contributed by atoms with Crippen molar-refractivity contribution in [3.63, 3.8) is 0 Å². The van der Waals surface area contributed by atoms with Crippen molar-refractivity contribution in [2.75, 3.05) is 19.7 Å². The second-order valence-corrected chi connectivity index (χ2v) is 6.01. The number of carboxylic acid groups (broad SMARTS) is 1. The van der Waals surface area contributed by atoms with Gasteiger partial charge in [0.15, 0.2) is 0 Å². The summed E-state index contributed by atoms with van der Waals surface area (Å²) in [4.78, 5) is 24.3. The van der Waals surface area contributed by atoms with Crippen LogP contribution in [0, 0.1) is 5.92 Å². The lowest BCUT2D eigenvalue weighted by Crippen LogP contribution is -2.48. The maximum absolute atomic E-state index is 11.6. The van der Waals surface area contributed by atoms with Gasteiger partial charge < -0.3 is 20.1 Å². The van der Waals surface area contributed by atoms with Crippen LogP contribution in [0.3, 0.4) is 0 Å². The maximum atomic E-state index is 11.6. The summed E-state index contributed by atoms with van der Waals surface area (Å²) in [5.74, 6) is -0.815. The molecule has 0 radical (unpaired) electrons. The fourth-order valence-corrected chi connectivity index (χ4v) is 3.28. The van der Waals surface area contributed by atoms with Crippen molar-refractivity contribution in [2.24, 2.45) is 5.92 Å². The van der Waals surface area contributed by atoms with Crippen LogP contribution in [0.25, 0.3) is 0 Å². The lowest BCUT2D eigenvalue weighted by Gasteiger charge is -2.35. The number of carbonyl (C=O) groups is 2. The number of carbonyl (C=O) groups excluding carboxylic acids is 1. The zero-order valence-electron chi connectivity index (χ0n) is 12.7. The molecule has 0 spiro atoms. The molecule has 2 rings (SSSR count). The van der Waals surface area contributed by atoms with E-state index in [0.717, 1.165) is 51.6 Å². The fourth-order valence-electron chi connectivity index (χ4n) is 3.28. The molecule has 0 aromatic heterocycles. The van der Waals surface area contributed by atoms with Crippen LogP contribution < -0.4 is 5.32 Å². The van der Waals surface area contributed by atoms with E-state index in [1.807, 2.05) is 6.92 Å². The molecule has 1 amide bonds. The van der Waals surface area contributed by atoms with Gasteiger partial charge in [-0.25, -0.2) is 4.79 Å². The van der Waals surface area contributed by atoms with E-state index < -0.39 is 5.97 Å². The first-order valence-corrected chi connectivity index (χ1v) is 8.00. The number of aliphatic carboxylic acids is 1. The Balaban J connectivity index is 1.67. The Hall–Kier alpha value is -1.30. The smallest absolute Gasteiger partial charge is 0.409 e. The van der Waals surface area contributed by atoms with Crippen LogP contribution in [0.1, 0.15) is 45.4 Å². The van der Waals surface area contributed by atoms with Gasteiger partial charge in [-0.05, 0) is 45.4 Å². The van der Waals surface area contributed by atoms with Gasteiger partial charge in [0.2, 0.25) is 0 Å². The van der Waals surface area contributed by atoms with Gasteiger partial charge in [0.1, 0.15) is 0 Å². The summed E-state index contributed by atoms with van der Waals surface area (Å²) in [6.07, 6.45) is 5.10. The summed E-state index contributed by atoms with van der Waals surface area (Å²) in [6.45, 7) is 3.71. The summed E-state index contributed by atoms with van der Waals surface area (Å²) >= 11 is 0. The number of rotatable bonds is 4. The van der Waals surface area contributed by atoms with Gasteiger partial charge >= 0.3 is 12.1 Å². The lowest BCUT2D eigenvalue weighted by molar-refractivity contribution is -0.142. The van der Waals surface area contributed by atoms with E-state index in [9.17, 15) is 9.59 Å². The zero-order chi connectivity index (χ0) is 15.2. The van der Waals surface area contributed by atoms with Crippen molar-refractivity contribution in [1.82, 2.24) is 10.2 Å². The van der Waals surface area contributed by atoms with E-state index in [-0.39, 0.29) is 12.0 Å².